The van der Waals surface area contributed by atoms with E-state index >= 15 is 0 Å². The van der Waals surface area contributed by atoms with Crippen LogP contribution in [0.15, 0.2) is 6.20 Å². The van der Waals surface area contributed by atoms with Crippen LogP contribution in [0.1, 0.15) is 16.1 Å². The molecule has 0 radical (unpaired) electrons. The minimum absolute atomic E-state index is 0.315. The standard InChI is InChI=1S/C8H11N3O3S2/c1-15-3-2-5(8(13)14)10-7(12)6-4-9-11-16-6/h4-5H,2-3H2,1H3,(H,10,12)(H,13,14)/t5-/m0/s1. The first-order valence-electron chi connectivity index (χ1n) is 4.45. The molecule has 1 rings (SSSR count). The van der Waals surface area contributed by atoms with Gasteiger partial charge in [-0.2, -0.15) is 11.8 Å². The summed E-state index contributed by atoms with van der Waals surface area (Å²) in [5.41, 5.74) is 0. The van der Waals surface area contributed by atoms with Crippen LogP contribution in [0.2, 0.25) is 0 Å². The maximum Gasteiger partial charge on any atom is 0.326 e. The largest absolute Gasteiger partial charge is 0.480 e. The predicted octanol–water partition coefficient (Wildman–Crippen LogP) is 0.474. The molecule has 16 heavy (non-hydrogen) atoms. The van der Waals surface area contributed by atoms with Crippen molar-refractivity contribution < 1.29 is 14.7 Å². The van der Waals surface area contributed by atoms with E-state index in [4.69, 9.17) is 5.11 Å². The molecule has 0 fully saturated rings. The third kappa shape index (κ3) is 3.78. The molecule has 1 amide bonds. The molecule has 0 aliphatic heterocycles. The molecular weight excluding hydrogens is 250 g/mol. The van der Waals surface area contributed by atoms with E-state index in [1.165, 1.54) is 18.0 Å². The average molecular weight is 261 g/mol. The van der Waals surface area contributed by atoms with Crippen molar-refractivity contribution in [1.29, 1.82) is 0 Å². The second-order valence-corrected chi connectivity index (χ2v) is 4.70. The Balaban J connectivity index is 2.54. The molecule has 1 aromatic rings. The van der Waals surface area contributed by atoms with Gasteiger partial charge in [0, 0.05) is 0 Å². The van der Waals surface area contributed by atoms with Gasteiger partial charge in [0.05, 0.1) is 6.20 Å². The van der Waals surface area contributed by atoms with E-state index in [1.807, 2.05) is 6.26 Å². The third-order valence-electron chi connectivity index (χ3n) is 1.80. The minimum Gasteiger partial charge on any atom is -0.480 e. The zero-order valence-electron chi connectivity index (χ0n) is 8.54. The number of aromatic nitrogens is 2. The fourth-order valence-corrected chi connectivity index (χ4v) is 1.88. The SMILES string of the molecule is CSCC[C@H](NC(=O)c1cnns1)C(=O)O. The number of thioether (sulfide) groups is 1. The van der Waals surface area contributed by atoms with Gasteiger partial charge >= 0.3 is 5.97 Å². The number of carboxylic acid groups (broad SMARTS) is 1. The van der Waals surface area contributed by atoms with E-state index in [1.54, 1.807) is 0 Å². The molecule has 0 saturated heterocycles. The van der Waals surface area contributed by atoms with E-state index in [9.17, 15) is 9.59 Å². The number of hydrogen-bond donors (Lipinski definition) is 2. The molecular formula is C8H11N3O3S2. The molecule has 0 spiro atoms. The van der Waals surface area contributed by atoms with Crippen LogP contribution >= 0.6 is 23.3 Å². The number of nitrogens with one attached hydrogen (secondary N) is 1. The number of carbonyl (C=O) groups excluding carboxylic acids is 1. The van der Waals surface area contributed by atoms with Crippen molar-refractivity contribution in [2.45, 2.75) is 12.5 Å². The summed E-state index contributed by atoms with van der Waals surface area (Å²) >= 11 is 2.47. The van der Waals surface area contributed by atoms with Crippen LogP contribution < -0.4 is 5.32 Å². The Kier molecular flexibility index (Phi) is 5.20. The molecule has 0 aliphatic carbocycles. The molecule has 0 bridgehead atoms. The first kappa shape index (κ1) is 12.9. The van der Waals surface area contributed by atoms with E-state index in [0.717, 1.165) is 11.5 Å². The molecule has 8 heteroatoms. The number of hydrogen-bond acceptors (Lipinski definition) is 6. The van der Waals surface area contributed by atoms with Gasteiger partial charge in [0.2, 0.25) is 0 Å². The van der Waals surface area contributed by atoms with Gasteiger partial charge in [-0.25, -0.2) is 4.79 Å². The zero-order valence-corrected chi connectivity index (χ0v) is 10.2. The highest BCUT2D eigenvalue weighted by Crippen LogP contribution is 2.05. The Hall–Kier alpha value is -1.15. The molecule has 6 nitrogen and oxygen atoms in total. The lowest BCUT2D eigenvalue weighted by molar-refractivity contribution is -0.139. The van der Waals surface area contributed by atoms with E-state index < -0.39 is 17.9 Å². The Morgan fingerprint density at radius 2 is 2.44 bits per heavy atom. The Labute approximate surface area is 101 Å². The molecule has 0 saturated carbocycles. The van der Waals surface area contributed by atoms with Gasteiger partial charge in [0.15, 0.2) is 0 Å². The summed E-state index contributed by atoms with van der Waals surface area (Å²) in [6.07, 6.45) is 3.59. The number of nitrogens with zero attached hydrogens (tertiary/aromatic N) is 2. The predicted molar refractivity (Wildman–Crippen MR) is 61.8 cm³/mol. The molecule has 0 aromatic carbocycles. The van der Waals surface area contributed by atoms with Gasteiger partial charge in [-0.15, -0.1) is 5.10 Å². The Bertz CT molecular complexity index is 355. The monoisotopic (exact) mass is 261 g/mol. The normalized spacial score (nSPS) is 12.1. The lowest BCUT2D eigenvalue weighted by atomic mass is 10.2. The van der Waals surface area contributed by atoms with Crippen molar-refractivity contribution >= 4 is 35.2 Å². The Morgan fingerprint density at radius 1 is 1.69 bits per heavy atom. The van der Waals surface area contributed by atoms with Gasteiger partial charge in [0.1, 0.15) is 10.9 Å². The summed E-state index contributed by atoms with van der Waals surface area (Å²) in [5.74, 6) is -0.790. The number of carbonyl (C=O) groups is 2. The van der Waals surface area contributed by atoms with Crippen LogP contribution in [-0.4, -0.2) is 44.6 Å². The summed E-state index contributed by atoms with van der Waals surface area (Å²) in [6.45, 7) is 0. The second-order valence-electron chi connectivity index (χ2n) is 2.93. The minimum atomic E-state index is -1.03. The second kappa shape index (κ2) is 6.44. The first-order valence-corrected chi connectivity index (χ1v) is 6.62. The smallest absolute Gasteiger partial charge is 0.326 e. The van der Waals surface area contributed by atoms with Crippen LogP contribution in [0.3, 0.4) is 0 Å². The summed E-state index contributed by atoms with van der Waals surface area (Å²) in [7, 11) is 0. The quantitative estimate of drug-likeness (QED) is 0.773. The van der Waals surface area contributed by atoms with Crippen LogP contribution in [0, 0.1) is 0 Å². The maximum absolute atomic E-state index is 11.5. The molecule has 2 N–H and O–H groups in total. The average Bonchev–Trinajstić information content (AvgIpc) is 2.76. The van der Waals surface area contributed by atoms with Gasteiger partial charge < -0.3 is 10.4 Å². The van der Waals surface area contributed by atoms with Gasteiger partial charge in [0.25, 0.3) is 5.91 Å². The van der Waals surface area contributed by atoms with Crippen LogP contribution in [0.25, 0.3) is 0 Å². The molecule has 88 valence electrons. The summed E-state index contributed by atoms with van der Waals surface area (Å²) in [6, 6.07) is -0.859. The summed E-state index contributed by atoms with van der Waals surface area (Å²) in [4.78, 5) is 22.7. The highest BCUT2D eigenvalue weighted by atomic mass is 32.2. The van der Waals surface area contributed by atoms with Crippen LogP contribution in [0.4, 0.5) is 0 Å². The highest BCUT2D eigenvalue weighted by molar-refractivity contribution is 7.98. The zero-order chi connectivity index (χ0) is 12.0. The number of amides is 1. The number of rotatable bonds is 6. The molecule has 0 aliphatic rings. The topological polar surface area (TPSA) is 92.2 Å². The molecule has 1 aromatic heterocycles. The van der Waals surface area contributed by atoms with Gasteiger partial charge in [-0.05, 0) is 30.0 Å². The lowest BCUT2D eigenvalue weighted by Gasteiger charge is -2.12. The van der Waals surface area contributed by atoms with E-state index in [0.29, 0.717) is 17.1 Å². The molecule has 1 atom stereocenters. The van der Waals surface area contributed by atoms with E-state index in [2.05, 4.69) is 14.9 Å². The third-order valence-corrected chi connectivity index (χ3v) is 3.11. The lowest BCUT2D eigenvalue weighted by Crippen LogP contribution is -2.40. The van der Waals surface area contributed by atoms with Crippen molar-refractivity contribution in [3.8, 4) is 0 Å². The van der Waals surface area contributed by atoms with Crippen LogP contribution in [0.5, 0.6) is 0 Å². The number of carboxylic acids is 1. The van der Waals surface area contributed by atoms with Crippen LogP contribution in [-0.2, 0) is 4.79 Å². The maximum atomic E-state index is 11.5. The fourth-order valence-electron chi connectivity index (χ4n) is 0.990. The first-order chi connectivity index (χ1) is 7.65. The van der Waals surface area contributed by atoms with E-state index in [-0.39, 0.29) is 0 Å². The molecule has 0 unspecified atom stereocenters. The highest BCUT2D eigenvalue weighted by Gasteiger charge is 2.20. The number of aliphatic carboxylic acids is 1. The van der Waals surface area contributed by atoms with Crippen molar-refractivity contribution in [2.75, 3.05) is 12.0 Å². The van der Waals surface area contributed by atoms with Crippen molar-refractivity contribution in [2.24, 2.45) is 0 Å². The van der Waals surface area contributed by atoms with Gasteiger partial charge in [-0.1, -0.05) is 4.49 Å². The van der Waals surface area contributed by atoms with Gasteiger partial charge in [-0.3, -0.25) is 4.79 Å². The summed E-state index contributed by atoms with van der Waals surface area (Å²) in [5, 5.41) is 14.8. The Morgan fingerprint density at radius 3 is 2.94 bits per heavy atom. The summed E-state index contributed by atoms with van der Waals surface area (Å²) < 4.78 is 3.54. The van der Waals surface area contributed by atoms with Crippen molar-refractivity contribution in [1.82, 2.24) is 14.9 Å². The van der Waals surface area contributed by atoms with Crippen molar-refractivity contribution in [3.63, 3.8) is 0 Å². The van der Waals surface area contributed by atoms with Crippen molar-refractivity contribution in [3.05, 3.63) is 11.1 Å². The molecule has 1 heterocycles. The fraction of sp³-hybridized carbons (Fsp3) is 0.500.